The van der Waals surface area contributed by atoms with Crippen LogP contribution < -0.4 is 0 Å². The van der Waals surface area contributed by atoms with Crippen molar-refractivity contribution in [1.29, 1.82) is 0 Å². The summed E-state index contributed by atoms with van der Waals surface area (Å²) in [6.45, 7) is 3.00. The lowest BCUT2D eigenvalue weighted by Crippen LogP contribution is -2.07. The molecule has 0 aliphatic heterocycles. The van der Waals surface area contributed by atoms with E-state index in [9.17, 15) is 4.79 Å². The molecule has 0 saturated heterocycles. The highest BCUT2D eigenvalue weighted by Crippen LogP contribution is 2.19. The summed E-state index contributed by atoms with van der Waals surface area (Å²) in [6, 6.07) is 0. The van der Waals surface area contributed by atoms with Gasteiger partial charge in [0.05, 0.1) is 5.75 Å². The molecule has 0 atom stereocenters. The average Bonchev–Trinajstić information content (AvgIpc) is 2.79. The van der Waals surface area contributed by atoms with Gasteiger partial charge >= 0.3 is 5.97 Å². The molecule has 0 unspecified atom stereocenters. The molecule has 0 aliphatic rings. The Bertz CT molecular complexity index is 410. The second-order valence-electron chi connectivity index (χ2n) is 4.54. The Morgan fingerprint density at radius 3 is 2.75 bits per heavy atom. The summed E-state index contributed by atoms with van der Waals surface area (Å²) in [6.07, 6.45) is 7.55. The van der Waals surface area contributed by atoms with Gasteiger partial charge in [-0.3, -0.25) is 4.79 Å². The van der Waals surface area contributed by atoms with Crippen LogP contribution in [0, 0.1) is 0 Å². The van der Waals surface area contributed by atoms with E-state index >= 15 is 0 Å². The van der Waals surface area contributed by atoms with Crippen LogP contribution in [0.4, 0.5) is 0 Å². The zero-order valence-electron chi connectivity index (χ0n) is 12.2. The smallest absolute Gasteiger partial charge is 0.313 e. The molecule has 0 aliphatic carbocycles. The first-order chi connectivity index (χ1) is 9.69. The second kappa shape index (κ2) is 10.1. The summed E-state index contributed by atoms with van der Waals surface area (Å²) in [4.78, 5) is 10.7. The number of rotatable bonds is 11. The Hall–Kier alpha value is -0.690. The molecular formula is C13H23N3O2S2. The van der Waals surface area contributed by atoms with Crippen molar-refractivity contribution >= 4 is 29.5 Å². The number of hydrogen-bond acceptors (Lipinski definition) is 5. The minimum absolute atomic E-state index is 0.0384. The summed E-state index contributed by atoms with van der Waals surface area (Å²) in [5.74, 6) is 1.40. The molecule has 0 amide bonds. The van der Waals surface area contributed by atoms with Crippen molar-refractivity contribution in [3.63, 3.8) is 0 Å². The zero-order valence-corrected chi connectivity index (χ0v) is 13.8. The molecule has 0 spiro atoms. The normalized spacial score (nSPS) is 10.9. The van der Waals surface area contributed by atoms with Crippen LogP contribution >= 0.6 is 23.5 Å². The van der Waals surface area contributed by atoms with Crippen molar-refractivity contribution in [2.75, 3.05) is 17.8 Å². The van der Waals surface area contributed by atoms with Crippen molar-refractivity contribution in [2.45, 2.75) is 50.7 Å². The number of aromatic nitrogens is 3. The molecular weight excluding hydrogens is 294 g/mol. The fraction of sp³-hybridized carbons (Fsp3) is 0.769. The standard InChI is InChI=1S/C13H23N3O2S2/c1-3-7-11-14-15-13(20-10-12(17)18)16(11)8-5-4-6-9-19-2/h3-10H2,1-2H3,(H,17,18). The molecule has 0 aromatic carbocycles. The number of thioether (sulfide) groups is 2. The van der Waals surface area contributed by atoms with Gasteiger partial charge in [0.15, 0.2) is 5.16 Å². The van der Waals surface area contributed by atoms with E-state index in [1.165, 1.54) is 30.4 Å². The number of aryl methyl sites for hydroxylation is 1. The van der Waals surface area contributed by atoms with Gasteiger partial charge in [0.1, 0.15) is 5.82 Å². The van der Waals surface area contributed by atoms with Crippen molar-refractivity contribution < 1.29 is 9.90 Å². The lowest BCUT2D eigenvalue weighted by Gasteiger charge is -2.09. The molecule has 0 saturated carbocycles. The number of carbonyl (C=O) groups is 1. The van der Waals surface area contributed by atoms with Crippen LogP contribution in [0.1, 0.15) is 38.4 Å². The van der Waals surface area contributed by atoms with Gasteiger partial charge in [0.2, 0.25) is 0 Å². The fourth-order valence-electron chi connectivity index (χ4n) is 1.88. The largest absolute Gasteiger partial charge is 0.481 e. The molecule has 1 aromatic rings. The molecule has 114 valence electrons. The van der Waals surface area contributed by atoms with Gasteiger partial charge in [0.25, 0.3) is 0 Å². The van der Waals surface area contributed by atoms with E-state index in [1.807, 2.05) is 11.8 Å². The van der Waals surface area contributed by atoms with Gasteiger partial charge in [0, 0.05) is 13.0 Å². The van der Waals surface area contributed by atoms with E-state index in [0.717, 1.165) is 36.8 Å². The number of unbranched alkanes of at least 4 members (excludes halogenated alkanes) is 2. The first-order valence-corrected chi connectivity index (χ1v) is 9.32. The van der Waals surface area contributed by atoms with Crippen LogP contribution in [0.5, 0.6) is 0 Å². The van der Waals surface area contributed by atoms with Gasteiger partial charge in [-0.05, 0) is 31.3 Å². The minimum atomic E-state index is -0.818. The zero-order chi connectivity index (χ0) is 14.8. The quantitative estimate of drug-likeness (QED) is 0.500. The molecule has 1 aromatic heterocycles. The van der Waals surface area contributed by atoms with Crippen LogP contribution in [-0.4, -0.2) is 43.6 Å². The fourth-order valence-corrected chi connectivity index (χ4v) is 3.07. The Morgan fingerprint density at radius 1 is 1.30 bits per heavy atom. The predicted octanol–water partition coefficient (Wildman–Crippen LogP) is 2.94. The highest BCUT2D eigenvalue weighted by atomic mass is 32.2. The van der Waals surface area contributed by atoms with E-state index in [2.05, 4.69) is 27.9 Å². The number of hydrogen-bond donors (Lipinski definition) is 1. The van der Waals surface area contributed by atoms with Gasteiger partial charge in [-0.25, -0.2) is 0 Å². The number of carboxylic acids is 1. The van der Waals surface area contributed by atoms with Crippen LogP contribution in [-0.2, 0) is 17.8 Å². The molecule has 0 bridgehead atoms. The lowest BCUT2D eigenvalue weighted by atomic mass is 10.2. The summed E-state index contributed by atoms with van der Waals surface area (Å²) >= 11 is 3.13. The maximum absolute atomic E-state index is 10.7. The van der Waals surface area contributed by atoms with Crippen molar-refractivity contribution in [3.8, 4) is 0 Å². The number of nitrogens with zero attached hydrogens (tertiary/aromatic N) is 3. The maximum Gasteiger partial charge on any atom is 0.313 e. The summed E-state index contributed by atoms with van der Waals surface area (Å²) in [7, 11) is 0. The van der Waals surface area contributed by atoms with E-state index in [-0.39, 0.29) is 5.75 Å². The summed E-state index contributed by atoms with van der Waals surface area (Å²) < 4.78 is 2.09. The summed E-state index contributed by atoms with van der Waals surface area (Å²) in [5.41, 5.74) is 0. The van der Waals surface area contributed by atoms with Crippen molar-refractivity contribution in [2.24, 2.45) is 0 Å². The molecule has 5 nitrogen and oxygen atoms in total. The van der Waals surface area contributed by atoms with E-state index < -0.39 is 5.97 Å². The molecule has 1 rings (SSSR count). The maximum atomic E-state index is 10.7. The third-order valence-corrected chi connectivity index (χ3v) is 4.47. The molecule has 1 N–H and O–H groups in total. The SMILES string of the molecule is CCCc1nnc(SCC(=O)O)n1CCCCCSC. The van der Waals surface area contributed by atoms with E-state index in [4.69, 9.17) is 5.11 Å². The average molecular weight is 317 g/mol. The molecule has 20 heavy (non-hydrogen) atoms. The monoisotopic (exact) mass is 317 g/mol. The third kappa shape index (κ3) is 6.17. The second-order valence-corrected chi connectivity index (χ2v) is 6.46. The van der Waals surface area contributed by atoms with Crippen LogP contribution in [0.25, 0.3) is 0 Å². The van der Waals surface area contributed by atoms with Gasteiger partial charge < -0.3 is 9.67 Å². The van der Waals surface area contributed by atoms with Gasteiger partial charge in [-0.2, -0.15) is 11.8 Å². The topological polar surface area (TPSA) is 68.0 Å². The van der Waals surface area contributed by atoms with Gasteiger partial charge in [-0.15, -0.1) is 10.2 Å². The highest BCUT2D eigenvalue weighted by molar-refractivity contribution is 7.99. The molecule has 0 fully saturated rings. The predicted molar refractivity (Wildman–Crippen MR) is 84.6 cm³/mol. The molecule has 0 radical (unpaired) electrons. The Balaban J connectivity index is 2.57. The number of aliphatic carboxylic acids is 1. The first kappa shape index (κ1) is 17.4. The number of carboxylic acid groups (broad SMARTS) is 1. The third-order valence-electron chi connectivity index (χ3n) is 2.82. The Kier molecular flexibility index (Phi) is 8.77. The van der Waals surface area contributed by atoms with Crippen LogP contribution in [0.3, 0.4) is 0 Å². The Labute approximate surface area is 128 Å². The first-order valence-electron chi connectivity index (χ1n) is 6.94. The van der Waals surface area contributed by atoms with E-state index in [1.54, 1.807) is 0 Å². The summed E-state index contributed by atoms with van der Waals surface area (Å²) in [5, 5.41) is 17.8. The van der Waals surface area contributed by atoms with Gasteiger partial charge in [-0.1, -0.05) is 25.1 Å². The van der Waals surface area contributed by atoms with Crippen LogP contribution in [0.15, 0.2) is 5.16 Å². The van der Waals surface area contributed by atoms with E-state index in [0.29, 0.717) is 0 Å². The Morgan fingerprint density at radius 2 is 2.10 bits per heavy atom. The highest BCUT2D eigenvalue weighted by Gasteiger charge is 2.13. The van der Waals surface area contributed by atoms with Crippen molar-refractivity contribution in [1.82, 2.24) is 14.8 Å². The minimum Gasteiger partial charge on any atom is -0.481 e. The molecule has 1 heterocycles. The van der Waals surface area contributed by atoms with Crippen LogP contribution in [0.2, 0.25) is 0 Å². The molecule has 7 heteroatoms. The lowest BCUT2D eigenvalue weighted by molar-refractivity contribution is -0.133. The van der Waals surface area contributed by atoms with Crippen molar-refractivity contribution in [3.05, 3.63) is 5.82 Å².